The van der Waals surface area contributed by atoms with Crippen LogP contribution in [0.5, 0.6) is 23.3 Å². The molecule has 0 aliphatic rings. The van der Waals surface area contributed by atoms with Crippen molar-refractivity contribution in [2.75, 3.05) is 35.5 Å². The minimum atomic E-state index is -0.386. The third-order valence-electron chi connectivity index (χ3n) is 2.29. The Kier molecular flexibility index (Phi) is 4.59. The van der Waals surface area contributed by atoms with Crippen molar-refractivity contribution in [1.82, 2.24) is 10.3 Å². The van der Waals surface area contributed by atoms with Gasteiger partial charge in [0.1, 0.15) is 5.56 Å². The molecule has 0 unspecified atom stereocenters. The fourth-order valence-electron chi connectivity index (χ4n) is 1.50. The molecule has 1 aromatic rings. The van der Waals surface area contributed by atoms with Gasteiger partial charge in [-0.3, -0.25) is 4.79 Å². The van der Waals surface area contributed by atoms with E-state index < -0.39 is 0 Å². The molecule has 7 heteroatoms. The summed E-state index contributed by atoms with van der Waals surface area (Å²) < 4.78 is 20.4. The quantitative estimate of drug-likeness (QED) is 0.825. The zero-order chi connectivity index (χ0) is 13.7. The van der Waals surface area contributed by atoms with Crippen molar-refractivity contribution in [1.29, 1.82) is 0 Å². The van der Waals surface area contributed by atoms with Crippen molar-refractivity contribution in [3.8, 4) is 23.3 Å². The molecule has 0 bridgehead atoms. The average Bonchev–Trinajstić information content (AvgIpc) is 2.43. The van der Waals surface area contributed by atoms with Crippen molar-refractivity contribution in [3.05, 3.63) is 5.56 Å². The summed E-state index contributed by atoms with van der Waals surface area (Å²) in [6.45, 7) is 0. The predicted molar refractivity (Wildman–Crippen MR) is 63.8 cm³/mol. The van der Waals surface area contributed by atoms with Crippen LogP contribution in [-0.2, 0) is 0 Å². The summed E-state index contributed by atoms with van der Waals surface area (Å²) in [7, 11) is 7.17. The molecule has 0 saturated carbocycles. The first kappa shape index (κ1) is 13.9. The van der Waals surface area contributed by atoms with Crippen LogP contribution in [0.15, 0.2) is 0 Å². The van der Waals surface area contributed by atoms with Crippen LogP contribution < -0.4 is 24.3 Å². The lowest BCUT2D eigenvalue weighted by molar-refractivity contribution is 0.0954. The lowest BCUT2D eigenvalue weighted by atomic mass is 10.2. The van der Waals surface area contributed by atoms with Gasteiger partial charge in [-0.05, 0) is 0 Å². The van der Waals surface area contributed by atoms with Gasteiger partial charge in [-0.15, -0.1) is 0 Å². The Morgan fingerprint density at radius 1 is 0.944 bits per heavy atom. The molecule has 0 aliphatic carbocycles. The third kappa shape index (κ3) is 2.24. The molecule has 0 fully saturated rings. The molecule has 1 amide bonds. The Balaban J connectivity index is 3.62. The molecule has 0 saturated heterocycles. The molecule has 1 rings (SSSR count). The fraction of sp³-hybridized carbons (Fsp3) is 0.455. The number of nitrogens with one attached hydrogen (secondary N) is 1. The Morgan fingerprint density at radius 3 is 1.67 bits per heavy atom. The van der Waals surface area contributed by atoms with Crippen LogP contribution in [0.3, 0.4) is 0 Å². The van der Waals surface area contributed by atoms with Crippen LogP contribution in [0, 0.1) is 0 Å². The van der Waals surface area contributed by atoms with Gasteiger partial charge in [-0.25, -0.2) is 0 Å². The molecule has 1 heterocycles. The van der Waals surface area contributed by atoms with E-state index in [1.165, 1.54) is 35.5 Å². The van der Waals surface area contributed by atoms with Gasteiger partial charge in [0, 0.05) is 7.05 Å². The number of rotatable bonds is 5. The first-order valence-corrected chi connectivity index (χ1v) is 5.10. The molecular formula is C11H16N2O5. The summed E-state index contributed by atoms with van der Waals surface area (Å²) in [5.74, 6) is 0.286. The highest BCUT2D eigenvalue weighted by Gasteiger charge is 2.27. The lowest BCUT2D eigenvalue weighted by Crippen LogP contribution is -2.20. The van der Waals surface area contributed by atoms with Crippen molar-refractivity contribution in [2.45, 2.75) is 0 Å². The second-order valence-corrected chi connectivity index (χ2v) is 3.15. The largest absolute Gasteiger partial charge is 0.490 e. The van der Waals surface area contributed by atoms with Crippen LogP contribution in [0.1, 0.15) is 10.4 Å². The van der Waals surface area contributed by atoms with Crippen LogP contribution in [-0.4, -0.2) is 46.4 Å². The predicted octanol–water partition coefficient (Wildman–Crippen LogP) is 0.476. The average molecular weight is 256 g/mol. The highest BCUT2D eigenvalue weighted by Crippen LogP contribution is 2.41. The summed E-state index contributed by atoms with van der Waals surface area (Å²) in [4.78, 5) is 16.0. The zero-order valence-corrected chi connectivity index (χ0v) is 11.0. The van der Waals surface area contributed by atoms with Crippen molar-refractivity contribution in [3.63, 3.8) is 0 Å². The molecule has 0 atom stereocenters. The molecule has 0 aromatic carbocycles. The van der Waals surface area contributed by atoms with Gasteiger partial charge in [0.25, 0.3) is 17.7 Å². The SMILES string of the molecule is CNC(=O)c1c(OC)c(OC)nc(OC)c1OC. The van der Waals surface area contributed by atoms with E-state index >= 15 is 0 Å². The summed E-state index contributed by atoms with van der Waals surface area (Å²) in [5.41, 5.74) is 0.172. The maximum Gasteiger partial charge on any atom is 0.261 e. The zero-order valence-electron chi connectivity index (χ0n) is 11.0. The van der Waals surface area contributed by atoms with Gasteiger partial charge < -0.3 is 24.3 Å². The van der Waals surface area contributed by atoms with Crippen molar-refractivity contribution < 1.29 is 23.7 Å². The molecule has 18 heavy (non-hydrogen) atoms. The van der Waals surface area contributed by atoms with E-state index in [2.05, 4.69) is 10.3 Å². The van der Waals surface area contributed by atoms with E-state index in [4.69, 9.17) is 18.9 Å². The van der Waals surface area contributed by atoms with Crippen LogP contribution >= 0.6 is 0 Å². The number of nitrogens with zero attached hydrogens (tertiary/aromatic N) is 1. The summed E-state index contributed by atoms with van der Waals surface area (Å²) in [6, 6.07) is 0. The molecular weight excluding hydrogens is 240 g/mol. The van der Waals surface area contributed by atoms with Gasteiger partial charge >= 0.3 is 0 Å². The topological polar surface area (TPSA) is 78.9 Å². The number of carbonyl (C=O) groups excluding carboxylic acids is 1. The number of aromatic nitrogens is 1. The van der Waals surface area contributed by atoms with Crippen LogP contribution in [0.4, 0.5) is 0 Å². The fourth-order valence-corrected chi connectivity index (χ4v) is 1.50. The minimum Gasteiger partial charge on any atom is -0.490 e. The molecule has 7 nitrogen and oxygen atoms in total. The maximum absolute atomic E-state index is 11.9. The van der Waals surface area contributed by atoms with Gasteiger partial charge in [0.05, 0.1) is 28.4 Å². The van der Waals surface area contributed by atoms with E-state index in [0.29, 0.717) is 0 Å². The van der Waals surface area contributed by atoms with Gasteiger partial charge in [0.15, 0.2) is 11.5 Å². The van der Waals surface area contributed by atoms with Crippen LogP contribution in [0.25, 0.3) is 0 Å². The van der Waals surface area contributed by atoms with Gasteiger partial charge in [-0.1, -0.05) is 0 Å². The van der Waals surface area contributed by atoms with E-state index in [9.17, 15) is 4.79 Å². The second kappa shape index (κ2) is 5.95. The van der Waals surface area contributed by atoms with Crippen molar-refractivity contribution in [2.24, 2.45) is 0 Å². The monoisotopic (exact) mass is 256 g/mol. The minimum absolute atomic E-state index is 0.147. The molecule has 0 aliphatic heterocycles. The van der Waals surface area contributed by atoms with Gasteiger partial charge in [-0.2, -0.15) is 4.98 Å². The van der Waals surface area contributed by atoms with Crippen molar-refractivity contribution >= 4 is 5.91 Å². The molecule has 100 valence electrons. The Bertz CT molecular complexity index is 417. The first-order chi connectivity index (χ1) is 8.64. The third-order valence-corrected chi connectivity index (χ3v) is 2.29. The lowest BCUT2D eigenvalue weighted by Gasteiger charge is -2.16. The van der Waals surface area contributed by atoms with E-state index in [0.717, 1.165) is 0 Å². The highest BCUT2D eigenvalue weighted by molar-refractivity contribution is 6.00. The summed E-state index contributed by atoms with van der Waals surface area (Å²) in [5, 5.41) is 2.50. The molecule has 1 N–H and O–H groups in total. The Morgan fingerprint density at radius 2 is 1.39 bits per heavy atom. The summed E-state index contributed by atoms with van der Waals surface area (Å²) >= 11 is 0. The number of carbonyl (C=O) groups is 1. The number of hydrogen-bond donors (Lipinski definition) is 1. The highest BCUT2D eigenvalue weighted by atomic mass is 16.5. The maximum atomic E-state index is 11.9. The first-order valence-electron chi connectivity index (χ1n) is 5.10. The smallest absolute Gasteiger partial charge is 0.261 e. The number of ether oxygens (including phenoxy) is 4. The van der Waals surface area contributed by atoms with E-state index in [1.807, 2.05) is 0 Å². The Hall–Kier alpha value is -2.18. The molecule has 0 spiro atoms. The normalized spacial score (nSPS) is 9.61. The van der Waals surface area contributed by atoms with E-state index in [1.54, 1.807) is 0 Å². The second-order valence-electron chi connectivity index (χ2n) is 3.15. The number of hydrogen-bond acceptors (Lipinski definition) is 6. The van der Waals surface area contributed by atoms with Crippen LogP contribution in [0.2, 0.25) is 0 Å². The Labute approximate surface area is 105 Å². The molecule has 0 radical (unpaired) electrons. The number of pyridine rings is 1. The molecule has 1 aromatic heterocycles. The number of amides is 1. The van der Waals surface area contributed by atoms with Gasteiger partial charge in [0.2, 0.25) is 0 Å². The summed E-state index contributed by atoms with van der Waals surface area (Å²) in [6.07, 6.45) is 0. The number of methoxy groups -OCH3 is 4. The standard InChI is InChI=1S/C11H16N2O5/c1-12-9(14)6-7(15-2)10(17-4)13-11(18-5)8(6)16-3/h1-5H3,(H,12,14). The van der Waals surface area contributed by atoms with E-state index in [-0.39, 0.29) is 34.7 Å².